The lowest BCUT2D eigenvalue weighted by molar-refractivity contribution is -0.147. The minimum absolute atomic E-state index is 0.143. The second-order valence-electron chi connectivity index (χ2n) is 4.04. The van der Waals surface area contributed by atoms with Crippen LogP contribution in [-0.4, -0.2) is 46.6 Å². The van der Waals surface area contributed by atoms with Gasteiger partial charge in [-0.25, -0.2) is 4.79 Å². The smallest absolute Gasteiger partial charge is 0.326 e. The van der Waals surface area contributed by atoms with Gasteiger partial charge >= 0.3 is 11.9 Å². The lowest BCUT2D eigenvalue weighted by atomic mass is 9.98. The van der Waals surface area contributed by atoms with Crippen molar-refractivity contribution >= 4 is 23.8 Å². The van der Waals surface area contributed by atoms with E-state index in [1.807, 2.05) is 0 Å². The molecule has 0 aromatic carbocycles. The van der Waals surface area contributed by atoms with Crippen molar-refractivity contribution in [2.45, 2.75) is 25.3 Å². The summed E-state index contributed by atoms with van der Waals surface area (Å²) in [5, 5.41) is 21.9. The zero-order valence-corrected chi connectivity index (χ0v) is 9.51. The Morgan fingerprint density at radius 2 is 2.06 bits per heavy atom. The van der Waals surface area contributed by atoms with Crippen LogP contribution < -0.4 is 10.6 Å². The Bertz CT molecular complexity index is 371. The van der Waals surface area contributed by atoms with E-state index in [-0.39, 0.29) is 18.9 Å². The molecule has 0 bridgehead atoms. The van der Waals surface area contributed by atoms with E-state index in [9.17, 15) is 19.2 Å². The first kappa shape index (κ1) is 13.9. The SMILES string of the molecule is O=C(O)CC(NC(=O)C1CCC(=O)NC1)C(=O)O. The molecule has 8 nitrogen and oxygen atoms in total. The average molecular weight is 258 g/mol. The Morgan fingerprint density at radius 3 is 2.50 bits per heavy atom. The van der Waals surface area contributed by atoms with Crippen LogP contribution in [0.2, 0.25) is 0 Å². The normalized spacial score (nSPS) is 20.7. The van der Waals surface area contributed by atoms with Gasteiger partial charge in [0.05, 0.1) is 12.3 Å². The zero-order chi connectivity index (χ0) is 13.7. The van der Waals surface area contributed by atoms with Gasteiger partial charge in [-0.05, 0) is 6.42 Å². The molecule has 2 atom stereocenters. The predicted octanol–water partition coefficient (Wildman–Crippen LogP) is -1.44. The van der Waals surface area contributed by atoms with Crippen LogP contribution in [-0.2, 0) is 19.2 Å². The highest BCUT2D eigenvalue weighted by atomic mass is 16.4. The van der Waals surface area contributed by atoms with E-state index < -0.39 is 36.2 Å². The molecule has 0 aromatic rings. The van der Waals surface area contributed by atoms with Crippen LogP contribution in [0.25, 0.3) is 0 Å². The Balaban J connectivity index is 2.53. The molecule has 1 aliphatic rings. The van der Waals surface area contributed by atoms with E-state index in [0.717, 1.165) is 0 Å². The van der Waals surface area contributed by atoms with Crippen LogP contribution in [0.1, 0.15) is 19.3 Å². The van der Waals surface area contributed by atoms with Crippen LogP contribution in [0.3, 0.4) is 0 Å². The first-order chi connectivity index (χ1) is 8.40. The maximum absolute atomic E-state index is 11.7. The first-order valence-corrected chi connectivity index (χ1v) is 5.42. The summed E-state index contributed by atoms with van der Waals surface area (Å²) in [4.78, 5) is 43.8. The Kier molecular flexibility index (Phi) is 4.64. The van der Waals surface area contributed by atoms with Crippen molar-refractivity contribution in [1.82, 2.24) is 10.6 Å². The van der Waals surface area contributed by atoms with Gasteiger partial charge in [0.2, 0.25) is 11.8 Å². The summed E-state index contributed by atoms with van der Waals surface area (Å²) >= 11 is 0. The molecule has 18 heavy (non-hydrogen) atoms. The molecule has 0 spiro atoms. The molecule has 1 saturated heterocycles. The van der Waals surface area contributed by atoms with E-state index in [2.05, 4.69) is 10.6 Å². The number of carbonyl (C=O) groups excluding carboxylic acids is 2. The molecule has 0 aromatic heterocycles. The summed E-state index contributed by atoms with van der Waals surface area (Å²) < 4.78 is 0. The number of rotatable bonds is 5. The van der Waals surface area contributed by atoms with Crippen molar-refractivity contribution in [1.29, 1.82) is 0 Å². The van der Waals surface area contributed by atoms with E-state index in [1.54, 1.807) is 0 Å². The molecule has 1 rings (SSSR count). The van der Waals surface area contributed by atoms with Crippen molar-refractivity contribution in [3.63, 3.8) is 0 Å². The Morgan fingerprint density at radius 1 is 1.39 bits per heavy atom. The molecule has 1 aliphatic heterocycles. The monoisotopic (exact) mass is 258 g/mol. The number of carboxylic acids is 2. The molecular weight excluding hydrogens is 244 g/mol. The number of amides is 2. The second-order valence-corrected chi connectivity index (χ2v) is 4.04. The Hall–Kier alpha value is -2.12. The van der Waals surface area contributed by atoms with E-state index >= 15 is 0 Å². The lowest BCUT2D eigenvalue weighted by Gasteiger charge is -2.23. The molecular formula is C10H14N2O6. The third kappa shape index (κ3) is 4.04. The molecule has 4 N–H and O–H groups in total. The first-order valence-electron chi connectivity index (χ1n) is 5.42. The molecule has 0 aliphatic carbocycles. The average Bonchev–Trinajstić information content (AvgIpc) is 2.28. The topological polar surface area (TPSA) is 133 Å². The lowest BCUT2D eigenvalue weighted by Crippen LogP contribution is -2.48. The van der Waals surface area contributed by atoms with Crippen LogP contribution in [0.15, 0.2) is 0 Å². The molecule has 1 heterocycles. The standard InChI is InChI=1S/C10H14N2O6/c13-7-2-1-5(4-11-7)9(16)12-6(10(17)18)3-8(14)15/h5-6H,1-4H2,(H,11,13)(H,12,16)(H,14,15)(H,17,18). The third-order valence-electron chi connectivity index (χ3n) is 2.63. The van der Waals surface area contributed by atoms with E-state index in [1.165, 1.54) is 0 Å². The van der Waals surface area contributed by atoms with Gasteiger partial charge in [0.15, 0.2) is 0 Å². The van der Waals surface area contributed by atoms with Gasteiger partial charge < -0.3 is 20.8 Å². The number of carboxylic acid groups (broad SMARTS) is 2. The zero-order valence-electron chi connectivity index (χ0n) is 9.51. The molecule has 2 amide bonds. The van der Waals surface area contributed by atoms with Gasteiger partial charge in [0, 0.05) is 13.0 Å². The summed E-state index contributed by atoms with van der Waals surface area (Å²) in [6, 6.07) is -1.45. The minimum atomic E-state index is -1.45. The number of hydrogen-bond donors (Lipinski definition) is 4. The summed E-state index contributed by atoms with van der Waals surface area (Å²) in [6.07, 6.45) is -0.147. The van der Waals surface area contributed by atoms with Gasteiger partial charge in [-0.2, -0.15) is 0 Å². The van der Waals surface area contributed by atoms with E-state index in [0.29, 0.717) is 6.42 Å². The van der Waals surface area contributed by atoms with Gasteiger partial charge in [0.1, 0.15) is 6.04 Å². The van der Waals surface area contributed by atoms with Gasteiger partial charge in [-0.3, -0.25) is 14.4 Å². The van der Waals surface area contributed by atoms with Crippen molar-refractivity contribution in [2.75, 3.05) is 6.54 Å². The van der Waals surface area contributed by atoms with Crippen molar-refractivity contribution in [3.05, 3.63) is 0 Å². The predicted molar refractivity (Wildman–Crippen MR) is 57.6 cm³/mol. The van der Waals surface area contributed by atoms with Crippen LogP contribution in [0.4, 0.5) is 0 Å². The van der Waals surface area contributed by atoms with Crippen LogP contribution in [0, 0.1) is 5.92 Å². The fourth-order valence-corrected chi connectivity index (χ4v) is 1.62. The van der Waals surface area contributed by atoms with Crippen molar-refractivity contribution < 1.29 is 29.4 Å². The molecule has 0 radical (unpaired) electrons. The Labute approximate surface area is 102 Å². The van der Waals surface area contributed by atoms with Gasteiger partial charge in [0.25, 0.3) is 0 Å². The number of carbonyl (C=O) groups is 4. The molecule has 1 fully saturated rings. The highest BCUT2D eigenvalue weighted by Crippen LogP contribution is 2.11. The number of hydrogen-bond acceptors (Lipinski definition) is 4. The van der Waals surface area contributed by atoms with Gasteiger partial charge in [-0.1, -0.05) is 0 Å². The summed E-state index contributed by atoms with van der Waals surface area (Å²) in [6.45, 7) is 0.143. The minimum Gasteiger partial charge on any atom is -0.481 e. The maximum atomic E-state index is 11.7. The molecule has 0 saturated carbocycles. The third-order valence-corrected chi connectivity index (χ3v) is 2.63. The second kappa shape index (κ2) is 5.99. The molecule has 2 unspecified atom stereocenters. The molecule has 100 valence electrons. The largest absolute Gasteiger partial charge is 0.481 e. The number of aliphatic carboxylic acids is 2. The van der Waals surface area contributed by atoms with Gasteiger partial charge in [-0.15, -0.1) is 0 Å². The quantitative estimate of drug-likeness (QED) is 0.477. The van der Waals surface area contributed by atoms with Crippen molar-refractivity contribution in [3.8, 4) is 0 Å². The summed E-state index contributed by atoms with van der Waals surface area (Å²) in [7, 11) is 0. The highest BCUT2D eigenvalue weighted by Gasteiger charge is 2.29. The summed E-state index contributed by atoms with van der Waals surface area (Å²) in [5.41, 5.74) is 0. The fraction of sp³-hybridized carbons (Fsp3) is 0.600. The fourth-order valence-electron chi connectivity index (χ4n) is 1.62. The maximum Gasteiger partial charge on any atom is 0.326 e. The van der Waals surface area contributed by atoms with Crippen LogP contribution >= 0.6 is 0 Å². The highest BCUT2D eigenvalue weighted by molar-refractivity contribution is 5.89. The van der Waals surface area contributed by atoms with Crippen molar-refractivity contribution in [2.24, 2.45) is 5.92 Å². The van der Waals surface area contributed by atoms with E-state index in [4.69, 9.17) is 10.2 Å². The summed E-state index contributed by atoms with van der Waals surface area (Å²) in [5.74, 6) is -3.92. The number of piperidine rings is 1. The van der Waals surface area contributed by atoms with Crippen LogP contribution in [0.5, 0.6) is 0 Å². The number of nitrogens with one attached hydrogen (secondary N) is 2. The molecule has 8 heteroatoms.